The number of anilines is 1. The van der Waals surface area contributed by atoms with E-state index >= 15 is 0 Å². The molecule has 2 aliphatic rings. The maximum absolute atomic E-state index is 13.7. The first-order valence-electron chi connectivity index (χ1n) is 17.0. The first-order chi connectivity index (χ1) is 24.4. The van der Waals surface area contributed by atoms with E-state index in [9.17, 15) is 14.0 Å². The summed E-state index contributed by atoms with van der Waals surface area (Å²) in [5.41, 5.74) is 7.01. The number of benzene rings is 3. The van der Waals surface area contributed by atoms with Crippen LogP contribution in [0.1, 0.15) is 37.3 Å². The summed E-state index contributed by atoms with van der Waals surface area (Å²) in [6.45, 7) is 6.67. The van der Waals surface area contributed by atoms with E-state index in [0.29, 0.717) is 36.4 Å². The third kappa shape index (κ3) is 8.30. The number of aromatic nitrogens is 4. The van der Waals surface area contributed by atoms with Gasteiger partial charge in [-0.15, -0.1) is 0 Å². The normalized spacial score (nSPS) is 16.1. The van der Waals surface area contributed by atoms with Gasteiger partial charge < -0.3 is 15.0 Å². The number of nitrogens with zero attached hydrogens (tertiary/aromatic N) is 5. The molecule has 2 aliphatic heterocycles. The Morgan fingerprint density at radius 3 is 2.52 bits per heavy atom. The first-order valence-corrected chi connectivity index (χ1v) is 17.0. The van der Waals surface area contributed by atoms with Gasteiger partial charge in [-0.1, -0.05) is 43.7 Å². The Kier molecular flexibility index (Phi) is 11.4. The smallest absolute Gasteiger partial charge is 0.237 e. The molecule has 2 N–H and O–H groups in total. The number of carbonyl (C=O) groups excluding carboxylic acids is 2. The molecule has 1 saturated heterocycles. The van der Waals surface area contributed by atoms with Gasteiger partial charge in [0.2, 0.25) is 12.3 Å². The van der Waals surface area contributed by atoms with Crippen molar-refractivity contribution in [1.82, 2.24) is 30.0 Å². The summed E-state index contributed by atoms with van der Waals surface area (Å²) in [7, 11) is 1.52. The van der Waals surface area contributed by atoms with Crippen molar-refractivity contribution in [3.8, 4) is 22.6 Å². The highest BCUT2D eigenvalue weighted by Gasteiger charge is 2.25. The Labute approximate surface area is 291 Å². The molecule has 2 amide bonds. The molecule has 0 saturated carbocycles. The lowest BCUT2D eigenvalue weighted by molar-refractivity contribution is -0.131. The number of fused-ring (bicyclic) bond motifs is 1. The average molecular weight is 676 g/mol. The van der Waals surface area contributed by atoms with Crippen LogP contribution in [0.2, 0.25) is 0 Å². The molecule has 7 rings (SSSR count). The highest BCUT2D eigenvalue weighted by Crippen LogP contribution is 2.30. The van der Waals surface area contributed by atoms with Crippen LogP contribution >= 0.6 is 0 Å². The minimum atomic E-state index is -0.311. The molecular weight excluding hydrogens is 633 g/mol. The van der Waals surface area contributed by atoms with Gasteiger partial charge in [0, 0.05) is 66.9 Å². The lowest BCUT2D eigenvalue weighted by Gasteiger charge is -2.28. The van der Waals surface area contributed by atoms with Crippen LogP contribution in [-0.2, 0) is 20.9 Å². The van der Waals surface area contributed by atoms with Crippen LogP contribution in [-0.4, -0.2) is 82.1 Å². The van der Waals surface area contributed by atoms with Crippen molar-refractivity contribution in [1.29, 1.82) is 0 Å². The number of H-pyrrole nitrogens is 1. The molecule has 50 heavy (non-hydrogen) atoms. The molecule has 0 aliphatic carbocycles. The monoisotopic (exact) mass is 675 g/mol. The number of likely N-dealkylation sites (tertiary alicyclic amines) is 1. The van der Waals surface area contributed by atoms with E-state index in [1.54, 1.807) is 30.6 Å². The largest absolute Gasteiger partial charge is 0.380 e. The van der Waals surface area contributed by atoms with Crippen LogP contribution < -0.4 is 5.32 Å². The van der Waals surface area contributed by atoms with Gasteiger partial charge >= 0.3 is 0 Å². The van der Waals surface area contributed by atoms with Crippen molar-refractivity contribution >= 4 is 34.5 Å². The Morgan fingerprint density at radius 1 is 1.04 bits per heavy atom. The van der Waals surface area contributed by atoms with Crippen LogP contribution in [0.15, 0.2) is 85.2 Å². The summed E-state index contributed by atoms with van der Waals surface area (Å²) in [5.74, 6) is 1.47. The molecule has 3 aromatic carbocycles. The predicted molar refractivity (Wildman–Crippen MR) is 193 cm³/mol. The molecule has 1 fully saturated rings. The number of amides is 2. The van der Waals surface area contributed by atoms with Gasteiger partial charge in [0.05, 0.1) is 24.4 Å². The molecule has 258 valence electrons. The van der Waals surface area contributed by atoms with Crippen LogP contribution in [0.25, 0.3) is 39.1 Å². The minimum Gasteiger partial charge on any atom is -0.380 e. The predicted octanol–water partition coefficient (Wildman–Crippen LogP) is 6.57. The third-order valence-electron chi connectivity index (χ3n) is 9.36. The van der Waals surface area contributed by atoms with Crippen LogP contribution in [0.5, 0.6) is 0 Å². The number of carbonyl (C=O) groups is 2. The molecule has 4 heterocycles. The summed E-state index contributed by atoms with van der Waals surface area (Å²) < 4.78 is 18.7. The van der Waals surface area contributed by atoms with Gasteiger partial charge in [-0.2, -0.15) is 5.10 Å². The fraction of sp³-hybridized carbons (Fsp3) is 0.308. The minimum absolute atomic E-state index is 0.194. The maximum atomic E-state index is 13.7. The van der Waals surface area contributed by atoms with Crippen molar-refractivity contribution in [3.63, 3.8) is 0 Å². The van der Waals surface area contributed by atoms with E-state index in [-0.39, 0.29) is 18.3 Å². The quantitative estimate of drug-likeness (QED) is 0.161. The molecule has 0 bridgehead atoms. The van der Waals surface area contributed by atoms with E-state index in [4.69, 9.17) is 4.74 Å². The van der Waals surface area contributed by atoms with E-state index in [2.05, 4.69) is 67.6 Å². The number of rotatable bonds is 10. The number of methoxy groups -OCH3 is 1. The zero-order valence-corrected chi connectivity index (χ0v) is 28.4. The zero-order chi connectivity index (χ0) is 34.9. The first kappa shape index (κ1) is 34.6. The summed E-state index contributed by atoms with van der Waals surface area (Å²) in [4.78, 5) is 36.1. The topological polar surface area (TPSA) is 116 Å². The van der Waals surface area contributed by atoms with Crippen molar-refractivity contribution in [2.24, 2.45) is 5.92 Å². The number of hydrogen-bond acceptors (Lipinski definition) is 7. The van der Waals surface area contributed by atoms with Crippen molar-refractivity contribution in [2.75, 3.05) is 45.2 Å². The summed E-state index contributed by atoms with van der Waals surface area (Å²) in [6, 6.07) is 20.4. The van der Waals surface area contributed by atoms with Gasteiger partial charge in [0.1, 0.15) is 5.82 Å². The van der Waals surface area contributed by atoms with Crippen LogP contribution in [0, 0.1) is 11.7 Å². The summed E-state index contributed by atoms with van der Waals surface area (Å²) in [5, 5.41) is 10.7. The second kappa shape index (κ2) is 16.4. The van der Waals surface area contributed by atoms with E-state index < -0.39 is 0 Å². The van der Waals surface area contributed by atoms with Gasteiger partial charge in [0.25, 0.3) is 0 Å². The lowest BCUT2D eigenvalue weighted by Crippen LogP contribution is -2.41. The van der Waals surface area contributed by atoms with Crippen molar-refractivity contribution in [3.05, 3.63) is 102 Å². The second-order valence-electron chi connectivity index (χ2n) is 12.6. The third-order valence-corrected chi connectivity index (χ3v) is 9.36. The molecular formula is C39H42FN7O3. The molecule has 1 unspecified atom stereocenters. The summed E-state index contributed by atoms with van der Waals surface area (Å²) in [6.07, 6.45) is 9.70. The highest BCUT2D eigenvalue weighted by atomic mass is 19.1. The number of hydrogen-bond donors (Lipinski definition) is 2. The zero-order valence-electron chi connectivity index (χ0n) is 28.4. The molecule has 2 aromatic heterocycles. The maximum Gasteiger partial charge on any atom is 0.237 e. The average Bonchev–Trinajstić information content (AvgIpc) is 3.80. The van der Waals surface area contributed by atoms with Crippen molar-refractivity contribution in [2.45, 2.75) is 32.8 Å². The molecule has 0 spiro atoms. The number of aromatic amines is 1. The highest BCUT2D eigenvalue weighted by molar-refractivity contribution is 5.96. The van der Waals surface area contributed by atoms with Gasteiger partial charge in [-0.25, -0.2) is 14.4 Å². The number of halogens is 1. The Hall–Kier alpha value is -5.26. The number of nitrogens with one attached hydrogen (secondary N) is 2. The molecule has 5 aromatic rings. The van der Waals surface area contributed by atoms with E-state index in [1.165, 1.54) is 37.2 Å². The molecule has 0 radical (unpaired) electrons. The van der Waals surface area contributed by atoms with Crippen molar-refractivity contribution < 1.29 is 18.7 Å². The van der Waals surface area contributed by atoms with Crippen LogP contribution in [0.4, 0.5) is 10.1 Å². The van der Waals surface area contributed by atoms with Gasteiger partial charge in [-0.3, -0.25) is 19.6 Å². The second-order valence-corrected chi connectivity index (χ2v) is 12.6. The van der Waals surface area contributed by atoms with E-state index in [1.807, 2.05) is 23.1 Å². The van der Waals surface area contributed by atoms with Crippen LogP contribution in [0.3, 0.4) is 0 Å². The Morgan fingerprint density at radius 2 is 1.82 bits per heavy atom. The lowest BCUT2D eigenvalue weighted by atomic mass is 9.98. The van der Waals surface area contributed by atoms with Gasteiger partial charge in [0.15, 0.2) is 5.82 Å². The molecule has 11 heteroatoms. The fourth-order valence-corrected chi connectivity index (χ4v) is 6.50. The Bertz CT molecular complexity index is 1950. The van der Waals surface area contributed by atoms with E-state index in [0.717, 1.165) is 59.8 Å². The SMILES string of the molecule is CCC1CCN(CC(=O)N2CC=C(c3ccc(-c4ncccn4)cc3)CC2)C1.COCc1cc(-c2n[nH]c3ccc(NC=O)cc23)ccc1F. The fourth-order valence-electron chi connectivity index (χ4n) is 6.50. The molecule has 1 atom stereocenters. The standard InChI is InChI=1S/C23H28N4O.C16H14FN3O2/c1-2-18-8-13-26(16-18)17-22(28)27-14-9-20(10-15-27)19-4-6-21(7-5-19)23-24-11-3-12-25-23;1-22-8-11-6-10(2-4-14(11)17)16-13-7-12(18-9-21)3-5-15(13)19-20-16/h3-7,9,11-12,18H,2,8,10,13-17H2,1H3;2-7,9H,8H2,1H3,(H,18,21)(H,19,20). The molecule has 10 nitrogen and oxygen atoms in total. The van der Waals surface area contributed by atoms with Gasteiger partial charge in [-0.05, 0) is 78.9 Å². The number of ether oxygens (including phenoxy) is 1. The summed E-state index contributed by atoms with van der Waals surface area (Å²) >= 11 is 0. The Balaban J connectivity index is 0.000000178.